The first-order valence-corrected chi connectivity index (χ1v) is 9.21. The van der Waals surface area contributed by atoms with Crippen molar-refractivity contribution in [1.82, 2.24) is 0 Å². The Morgan fingerprint density at radius 3 is 3.09 bits per heavy atom. The van der Waals surface area contributed by atoms with Crippen molar-refractivity contribution < 1.29 is 19.0 Å². The van der Waals surface area contributed by atoms with Crippen LogP contribution in [0.4, 0.5) is 0 Å². The molecule has 0 amide bonds. The Balaban J connectivity index is 1.77. The molecule has 1 aromatic carbocycles. The highest BCUT2D eigenvalue weighted by molar-refractivity contribution is 7.98. The summed E-state index contributed by atoms with van der Waals surface area (Å²) in [7, 11) is 0. The Kier molecular flexibility index (Phi) is 7.71. The molecule has 1 fully saturated rings. The number of benzene rings is 1. The number of hydrogen-bond acceptors (Lipinski definition) is 6. The molecule has 1 aliphatic rings. The van der Waals surface area contributed by atoms with Crippen LogP contribution < -0.4 is 10.5 Å². The van der Waals surface area contributed by atoms with Gasteiger partial charge in [-0.15, -0.1) is 0 Å². The molecule has 0 bridgehead atoms. The van der Waals surface area contributed by atoms with Gasteiger partial charge in [-0.1, -0.05) is 12.1 Å². The van der Waals surface area contributed by atoms with Crippen LogP contribution in [0.5, 0.6) is 5.75 Å². The number of ether oxygens (including phenoxy) is 3. The van der Waals surface area contributed by atoms with Crippen LogP contribution in [0.1, 0.15) is 31.7 Å². The van der Waals surface area contributed by atoms with Crippen molar-refractivity contribution >= 4 is 17.7 Å². The monoisotopic (exact) mass is 339 g/mol. The lowest BCUT2D eigenvalue weighted by atomic mass is 10.2. The van der Waals surface area contributed by atoms with Gasteiger partial charge in [0.15, 0.2) is 6.29 Å². The number of hydrogen-bond donors (Lipinski definition) is 1. The Morgan fingerprint density at radius 2 is 2.35 bits per heavy atom. The summed E-state index contributed by atoms with van der Waals surface area (Å²) >= 11 is 1.61. The average molecular weight is 339 g/mol. The molecule has 1 aliphatic heterocycles. The molecule has 0 aromatic heterocycles. The fourth-order valence-corrected chi connectivity index (χ4v) is 3.21. The molecule has 1 aromatic rings. The zero-order valence-corrected chi connectivity index (χ0v) is 14.3. The summed E-state index contributed by atoms with van der Waals surface area (Å²) in [6.07, 6.45) is 3.06. The van der Waals surface area contributed by atoms with Gasteiger partial charge >= 0.3 is 5.97 Å². The molecule has 0 radical (unpaired) electrons. The van der Waals surface area contributed by atoms with E-state index < -0.39 is 6.04 Å². The molecule has 0 spiro atoms. The lowest BCUT2D eigenvalue weighted by Gasteiger charge is -2.23. The van der Waals surface area contributed by atoms with Gasteiger partial charge in [0.05, 0.1) is 13.2 Å². The van der Waals surface area contributed by atoms with E-state index in [1.165, 1.54) is 0 Å². The molecule has 0 unspecified atom stereocenters. The third kappa shape index (κ3) is 6.41. The maximum Gasteiger partial charge on any atom is 0.323 e. The summed E-state index contributed by atoms with van der Waals surface area (Å²) in [6, 6.07) is 7.39. The second kappa shape index (κ2) is 9.80. The molecule has 6 heteroatoms. The van der Waals surface area contributed by atoms with Crippen molar-refractivity contribution in [2.75, 3.05) is 19.0 Å². The highest BCUT2D eigenvalue weighted by Crippen LogP contribution is 2.22. The van der Waals surface area contributed by atoms with Crippen LogP contribution in [0.3, 0.4) is 0 Å². The summed E-state index contributed by atoms with van der Waals surface area (Å²) in [4.78, 5) is 11.5. The van der Waals surface area contributed by atoms with E-state index in [1.54, 1.807) is 18.7 Å². The van der Waals surface area contributed by atoms with Crippen LogP contribution in [0.15, 0.2) is 24.3 Å². The first-order valence-electron chi connectivity index (χ1n) is 8.06. The van der Waals surface area contributed by atoms with Crippen molar-refractivity contribution in [2.45, 2.75) is 44.3 Å². The van der Waals surface area contributed by atoms with Crippen LogP contribution in [-0.4, -0.2) is 37.3 Å². The van der Waals surface area contributed by atoms with Crippen LogP contribution >= 0.6 is 11.8 Å². The average Bonchev–Trinajstić information content (AvgIpc) is 2.56. The first-order chi connectivity index (χ1) is 11.2. The maximum absolute atomic E-state index is 11.5. The van der Waals surface area contributed by atoms with E-state index in [0.29, 0.717) is 12.4 Å². The molecule has 2 atom stereocenters. The molecule has 0 aliphatic carbocycles. The number of thioether (sulfide) groups is 1. The van der Waals surface area contributed by atoms with Gasteiger partial charge in [0, 0.05) is 17.9 Å². The van der Waals surface area contributed by atoms with E-state index in [1.807, 2.05) is 24.3 Å². The van der Waals surface area contributed by atoms with Gasteiger partial charge in [0.25, 0.3) is 0 Å². The zero-order chi connectivity index (χ0) is 16.5. The maximum atomic E-state index is 11.5. The minimum Gasteiger partial charge on any atom is -0.465 e. The minimum absolute atomic E-state index is 0.135. The predicted molar refractivity (Wildman–Crippen MR) is 91.4 cm³/mol. The molecule has 2 rings (SSSR count). The fraction of sp³-hybridized carbons (Fsp3) is 0.588. The summed E-state index contributed by atoms with van der Waals surface area (Å²) in [5.41, 5.74) is 6.92. The van der Waals surface area contributed by atoms with E-state index in [0.717, 1.165) is 42.9 Å². The molecule has 1 heterocycles. The molecular weight excluding hydrogens is 314 g/mol. The van der Waals surface area contributed by atoms with Crippen LogP contribution in [0.2, 0.25) is 0 Å². The number of nitrogens with two attached hydrogens (primary N) is 1. The molecule has 2 N–H and O–H groups in total. The van der Waals surface area contributed by atoms with Crippen molar-refractivity contribution in [1.29, 1.82) is 0 Å². The van der Waals surface area contributed by atoms with Crippen LogP contribution in [0, 0.1) is 0 Å². The van der Waals surface area contributed by atoms with E-state index in [2.05, 4.69) is 0 Å². The van der Waals surface area contributed by atoms with E-state index in [4.69, 9.17) is 19.9 Å². The Hall–Kier alpha value is -1.24. The van der Waals surface area contributed by atoms with Gasteiger partial charge < -0.3 is 19.9 Å². The third-order valence-corrected chi connectivity index (χ3v) is 4.59. The van der Waals surface area contributed by atoms with Gasteiger partial charge in [-0.3, -0.25) is 4.79 Å². The van der Waals surface area contributed by atoms with E-state index >= 15 is 0 Å². The lowest BCUT2D eigenvalue weighted by molar-refractivity contribution is -0.144. The van der Waals surface area contributed by atoms with E-state index in [-0.39, 0.29) is 12.3 Å². The normalized spacial score (nSPS) is 19.1. The van der Waals surface area contributed by atoms with Gasteiger partial charge in [-0.2, -0.15) is 11.8 Å². The van der Waals surface area contributed by atoms with Crippen molar-refractivity contribution in [3.05, 3.63) is 29.8 Å². The molecule has 1 saturated heterocycles. The number of esters is 1. The summed E-state index contributed by atoms with van der Waals surface area (Å²) in [6.45, 7) is 2.91. The highest BCUT2D eigenvalue weighted by atomic mass is 32.2. The predicted octanol–water partition coefficient (Wildman–Crippen LogP) is 2.72. The van der Waals surface area contributed by atoms with Crippen molar-refractivity contribution in [2.24, 2.45) is 5.73 Å². The van der Waals surface area contributed by atoms with E-state index in [9.17, 15) is 4.79 Å². The number of carbonyl (C=O) groups excluding carboxylic acids is 1. The molecule has 5 nitrogen and oxygen atoms in total. The Bertz CT molecular complexity index is 491. The van der Waals surface area contributed by atoms with Gasteiger partial charge in [0.1, 0.15) is 11.8 Å². The standard InChI is InChI=1S/C17H25NO4S/c1-2-20-17(19)15(18)12-23-11-13-6-5-7-14(10-13)22-16-8-3-4-9-21-16/h5-7,10,15-16H,2-4,8-9,11-12,18H2,1H3/t15-,16+/m1/s1. The molecule has 23 heavy (non-hydrogen) atoms. The summed E-state index contributed by atoms with van der Waals surface area (Å²) in [5.74, 6) is 1.79. The second-order valence-corrected chi connectivity index (χ2v) is 6.47. The highest BCUT2D eigenvalue weighted by Gasteiger charge is 2.16. The number of rotatable bonds is 8. The quantitative estimate of drug-likeness (QED) is 0.734. The number of carbonyl (C=O) groups is 1. The Labute approximate surface area is 141 Å². The zero-order valence-electron chi connectivity index (χ0n) is 13.5. The van der Waals surface area contributed by atoms with Crippen molar-refractivity contribution in [3.8, 4) is 5.75 Å². The SMILES string of the molecule is CCOC(=O)[C@H](N)CSCc1cccc(O[C@H]2CCCCO2)c1. The lowest BCUT2D eigenvalue weighted by Crippen LogP contribution is -2.34. The summed E-state index contributed by atoms with van der Waals surface area (Å²) in [5, 5.41) is 0. The topological polar surface area (TPSA) is 70.8 Å². The summed E-state index contributed by atoms with van der Waals surface area (Å²) < 4.78 is 16.4. The molecular formula is C17H25NO4S. The van der Waals surface area contributed by atoms with Crippen LogP contribution in [0.25, 0.3) is 0 Å². The van der Waals surface area contributed by atoms with Gasteiger partial charge in [0.2, 0.25) is 0 Å². The van der Waals surface area contributed by atoms with Gasteiger partial charge in [-0.25, -0.2) is 0 Å². The second-order valence-electron chi connectivity index (χ2n) is 5.44. The van der Waals surface area contributed by atoms with Gasteiger partial charge in [-0.05, 0) is 37.5 Å². The minimum atomic E-state index is -0.574. The smallest absolute Gasteiger partial charge is 0.323 e. The Morgan fingerprint density at radius 1 is 1.48 bits per heavy atom. The van der Waals surface area contributed by atoms with Crippen molar-refractivity contribution in [3.63, 3.8) is 0 Å². The fourth-order valence-electron chi connectivity index (χ4n) is 2.29. The largest absolute Gasteiger partial charge is 0.465 e. The molecule has 128 valence electrons. The third-order valence-electron chi connectivity index (χ3n) is 3.46. The van der Waals surface area contributed by atoms with Crippen LogP contribution in [-0.2, 0) is 20.0 Å². The first kappa shape index (κ1) is 18.1. The molecule has 0 saturated carbocycles.